The van der Waals surface area contributed by atoms with Gasteiger partial charge in [-0.3, -0.25) is 0 Å². The predicted octanol–water partition coefficient (Wildman–Crippen LogP) is 4.15. The van der Waals surface area contributed by atoms with Crippen LogP contribution in [0.25, 0.3) is 11.5 Å². The number of oxazole rings is 1. The zero-order valence-electron chi connectivity index (χ0n) is 9.46. The number of aryl methyl sites for hydroxylation is 2. The maximum absolute atomic E-state index is 5.76. The zero-order chi connectivity index (χ0) is 11.5. The standard InChI is InChI=1S/C13H14INO/c1-3-12-11(8-14)15-13(16-12)10-6-4-9(2)5-7-10/h4-7H,3,8H2,1-2H3. The first kappa shape index (κ1) is 11.6. The Morgan fingerprint density at radius 1 is 1.25 bits per heavy atom. The molecule has 0 bridgehead atoms. The fourth-order valence-corrected chi connectivity index (χ4v) is 2.18. The van der Waals surface area contributed by atoms with Crippen LogP contribution in [-0.2, 0) is 10.8 Å². The number of hydrogen-bond donors (Lipinski definition) is 0. The van der Waals surface area contributed by atoms with E-state index in [0.29, 0.717) is 0 Å². The van der Waals surface area contributed by atoms with Crippen molar-refractivity contribution in [3.05, 3.63) is 41.3 Å². The monoisotopic (exact) mass is 327 g/mol. The molecule has 0 saturated heterocycles. The van der Waals surface area contributed by atoms with Crippen LogP contribution in [-0.4, -0.2) is 4.98 Å². The summed E-state index contributed by atoms with van der Waals surface area (Å²) in [7, 11) is 0. The Labute approximate surface area is 109 Å². The Morgan fingerprint density at radius 2 is 1.94 bits per heavy atom. The van der Waals surface area contributed by atoms with E-state index in [-0.39, 0.29) is 0 Å². The van der Waals surface area contributed by atoms with Gasteiger partial charge < -0.3 is 4.42 Å². The van der Waals surface area contributed by atoms with Gasteiger partial charge in [-0.25, -0.2) is 4.98 Å². The van der Waals surface area contributed by atoms with Gasteiger partial charge in [0, 0.05) is 16.4 Å². The molecule has 0 aliphatic rings. The van der Waals surface area contributed by atoms with Crippen molar-refractivity contribution in [3.63, 3.8) is 0 Å². The van der Waals surface area contributed by atoms with E-state index in [0.717, 1.165) is 33.8 Å². The molecule has 1 aromatic carbocycles. The summed E-state index contributed by atoms with van der Waals surface area (Å²) in [5.74, 6) is 1.74. The third kappa shape index (κ3) is 2.29. The molecule has 0 radical (unpaired) electrons. The van der Waals surface area contributed by atoms with E-state index in [1.807, 2.05) is 0 Å². The fraction of sp³-hybridized carbons (Fsp3) is 0.308. The second kappa shape index (κ2) is 4.99. The van der Waals surface area contributed by atoms with Gasteiger partial charge in [-0.15, -0.1) is 0 Å². The average molecular weight is 327 g/mol. The summed E-state index contributed by atoms with van der Waals surface area (Å²) in [4.78, 5) is 4.53. The summed E-state index contributed by atoms with van der Waals surface area (Å²) in [6.45, 7) is 4.17. The van der Waals surface area contributed by atoms with Crippen molar-refractivity contribution in [1.29, 1.82) is 0 Å². The van der Waals surface area contributed by atoms with Crippen LogP contribution in [0, 0.1) is 6.92 Å². The van der Waals surface area contributed by atoms with Gasteiger partial charge in [0.2, 0.25) is 5.89 Å². The van der Waals surface area contributed by atoms with Crippen LogP contribution in [0.3, 0.4) is 0 Å². The molecule has 0 aliphatic carbocycles. The highest BCUT2D eigenvalue weighted by molar-refractivity contribution is 14.1. The quantitative estimate of drug-likeness (QED) is 0.625. The smallest absolute Gasteiger partial charge is 0.226 e. The fourth-order valence-electron chi connectivity index (χ4n) is 1.58. The molecule has 0 amide bonds. The Morgan fingerprint density at radius 3 is 2.44 bits per heavy atom. The summed E-state index contributed by atoms with van der Waals surface area (Å²) in [6.07, 6.45) is 0.900. The van der Waals surface area contributed by atoms with E-state index in [2.05, 4.69) is 65.7 Å². The molecule has 2 aromatic rings. The minimum absolute atomic E-state index is 0.739. The van der Waals surface area contributed by atoms with Crippen LogP contribution < -0.4 is 0 Å². The highest BCUT2D eigenvalue weighted by Crippen LogP contribution is 2.24. The molecule has 0 saturated carbocycles. The first-order chi connectivity index (χ1) is 7.74. The number of hydrogen-bond acceptors (Lipinski definition) is 2. The number of benzene rings is 1. The molecule has 0 unspecified atom stereocenters. The molecule has 3 heteroatoms. The van der Waals surface area contributed by atoms with Crippen molar-refractivity contribution in [1.82, 2.24) is 4.98 Å². The van der Waals surface area contributed by atoms with E-state index in [9.17, 15) is 0 Å². The van der Waals surface area contributed by atoms with E-state index in [1.165, 1.54) is 5.56 Å². The molecule has 0 fully saturated rings. The van der Waals surface area contributed by atoms with Gasteiger partial charge in [0.15, 0.2) is 0 Å². The highest BCUT2D eigenvalue weighted by atomic mass is 127. The van der Waals surface area contributed by atoms with Crippen molar-refractivity contribution >= 4 is 22.6 Å². The third-order valence-electron chi connectivity index (χ3n) is 2.52. The van der Waals surface area contributed by atoms with Crippen LogP contribution in [0.4, 0.5) is 0 Å². The van der Waals surface area contributed by atoms with Gasteiger partial charge in [0.05, 0.1) is 5.69 Å². The molecule has 84 valence electrons. The molecule has 0 spiro atoms. The van der Waals surface area contributed by atoms with Crippen LogP contribution in [0.15, 0.2) is 28.7 Å². The molecule has 1 heterocycles. The van der Waals surface area contributed by atoms with Crippen LogP contribution >= 0.6 is 22.6 Å². The van der Waals surface area contributed by atoms with Crippen molar-refractivity contribution in [2.24, 2.45) is 0 Å². The maximum atomic E-state index is 5.76. The molecule has 16 heavy (non-hydrogen) atoms. The molecular weight excluding hydrogens is 313 g/mol. The zero-order valence-corrected chi connectivity index (χ0v) is 11.6. The first-order valence-electron chi connectivity index (χ1n) is 5.36. The number of rotatable bonds is 3. The average Bonchev–Trinajstić information content (AvgIpc) is 2.73. The first-order valence-corrected chi connectivity index (χ1v) is 6.88. The number of aromatic nitrogens is 1. The molecule has 2 rings (SSSR count). The minimum Gasteiger partial charge on any atom is -0.441 e. The third-order valence-corrected chi connectivity index (χ3v) is 3.25. The predicted molar refractivity (Wildman–Crippen MR) is 73.8 cm³/mol. The van der Waals surface area contributed by atoms with Crippen LogP contribution in [0.1, 0.15) is 23.9 Å². The van der Waals surface area contributed by atoms with E-state index in [4.69, 9.17) is 4.42 Å². The second-order valence-electron chi connectivity index (χ2n) is 3.74. The lowest BCUT2D eigenvalue weighted by atomic mass is 10.1. The van der Waals surface area contributed by atoms with Gasteiger partial charge in [-0.05, 0) is 19.1 Å². The van der Waals surface area contributed by atoms with Gasteiger partial charge in [0.25, 0.3) is 0 Å². The minimum atomic E-state index is 0.739. The topological polar surface area (TPSA) is 26.0 Å². The Bertz CT molecular complexity index is 452. The molecule has 0 aliphatic heterocycles. The van der Waals surface area contributed by atoms with Gasteiger partial charge in [-0.2, -0.15) is 0 Å². The largest absolute Gasteiger partial charge is 0.441 e. The number of alkyl halides is 1. The molecule has 2 nitrogen and oxygen atoms in total. The number of nitrogens with zero attached hydrogens (tertiary/aromatic N) is 1. The van der Waals surface area contributed by atoms with Crippen molar-refractivity contribution < 1.29 is 4.42 Å². The van der Waals surface area contributed by atoms with Crippen LogP contribution in [0.5, 0.6) is 0 Å². The molecular formula is C13H14INO. The van der Waals surface area contributed by atoms with Gasteiger partial charge in [0.1, 0.15) is 5.76 Å². The summed E-state index contributed by atoms with van der Waals surface area (Å²) < 4.78 is 6.66. The Balaban J connectivity index is 2.40. The Hall–Kier alpha value is -0.840. The van der Waals surface area contributed by atoms with Gasteiger partial charge in [-0.1, -0.05) is 47.2 Å². The molecule has 1 aromatic heterocycles. The normalized spacial score (nSPS) is 10.7. The van der Waals surface area contributed by atoms with Crippen LogP contribution in [0.2, 0.25) is 0 Å². The molecule has 0 N–H and O–H groups in total. The van der Waals surface area contributed by atoms with Crippen molar-refractivity contribution in [2.45, 2.75) is 24.7 Å². The van der Waals surface area contributed by atoms with E-state index >= 15 is 0 Å². The maximum Gasteiger partial charge on any atom is 0.226 e. The van der Waals surface area contributed by atoms with Crippen molar-refractivity contribution in [3.8, 4) is 11.5 Å². The summed E-state index contributed by atoms with van der Waals surface area (Å²) in [6, 6.07) is 8.26. The van der Waals surface area contributed by atoms with Gasteiger partial charge >= 0.3 is 0 Å². The lowest BCUT2D eigenvalue weighted by Crippen LogP contribution is -1.83. The summed E-state index contributed by atoms with van der Waals surface area (Å²) in [5.41, 5.74) is 3.37. The summed E-state index contributed by atoms with van der Waals surface area (Å²) in [5, 5.41) is 0. The number of halogens is 1. The highest BCUT2D eigenvalue weighted by Gasteiger charge is 2.11. The SMILES string of the molecule is CCc1oc(-c2ccc(C)cc2)nc1CI. The van der Waals surface area contributed by atoms with Crippen molar-refractivity contribution in [2.75, 3.05) is 0 Å². The Kier molecular flexibility index (Phi) is 3.63. The molecule has 0 atom stereocenters. The second-order valence-corrected chi connectivity index (χ2v) is 4.50. The van der Waals surface area contributed by atoms with E-state index in [1.54, 1.807) is 0 Å². The van der Waals surface area contributed by atoms with E-state index < -0.39 is 0 Å². The summed E-state index contributed by atoms with van der Waals surface area (Å²) >= 11 is 2.32. The lowest BCUT2D eigenvalue weighted by molar-refractivity contribution is 0.522. The lowest BCUT2D eigenvalue weighted by Gasteiger charge is -1.95.